The predicted molar refractivity (Wildman–Crippen MR) is 44.3 cm³/mol. The van der Waals surface area contributed by atoms with Crippen molar-refractivity contribution in [1.82, 2.24) is 0 Å². The number of carboxylic acid groups (broad SMARTS) is 2. The first kappa shape index (κ1) is 25.3. The van der Waals surface area contributed by atoms with Gasteiger partial charge in [0.25, 0.3) is 0 Å². The topological polar surface area (TPSA) is 137 Å². The van der Waals surface area contributed by atoms with Crippen molar-refractivity contribution >= 4 is 22.1 Å². The van der Waals surface area contributed by atoms with Crippen LogP contribution in [0.5, 0.6) is 0 Å². The fourth-order valence-corrected chi connectivity index (χ4v) is 2.06. The van der Waals surface area contributed by atoms with Gasteiger partial charge >= 0.3 is 88.7 Å². The SMILES string of the molecule is O=C([O-])C1=CC=CC(C(=O)[O-])(S(=O)(=O)[O-])C1.[Na+].[Na+].[Na+]. The van der Waals surface area contributed by atoms with Gasteiger partial charge < -0.3 is 24.4 Å². The van der Waals surface area contributed by atoms with Crippen LogP contribution >= 0.6 is 0 Å². The summed E-state index contributed by atoms with van der Waals surface area (Å²) in [5.41, 5.74) is -0.592. The quantitative estimate of drug-likeness (QED) is 0.372. The first-order valence-corrected chi connectivity index (χ1v) is 5.38. The van der Waals surface area contributed by atoms with Crippen LogP contribution in [0.2, 0.25) is 0 Å². The molecule has 1 aliphatic carbocycles. The van der Waals surface area contributed by atoms with Gasteiger partial charge in [0.2, 0.25) is 0 Å². The second kappa shape index (κ2) is 9.37. The zero-order chi connectivity index (χ0) is 12.6. The minimum atomic E-state index is -5.28. The molecule has 0 N–H and O–H groups in total. The molecule has 0 saturated carbocycles. The van der Waals surface area contributed by atoms with E-state index in [1.165, 1.54) is 0 Å². The Balaban J connectivity index is -0.000000853. The molecule has 1 unspecified atom stereocenters. The number of hydrogen-bond donors (Lipinski definition) is 0. The van der Waals surface area contributed by atoms with Crippen LogP contribution in [-0.4, -0.2) is 29.7 Å². The van der Waals surface area contributed by atoms with E-state index in [0.717, 1.165) is 12.2 Å². The third-order valence-corrected chi connectivity index (χ3v) is 3.51. The molecule has 0 aromatic heterocycles. The second-order valence-electron chi connectivity index (χ2n) is 3.15. The van der Waals surface area contributed by atoms with Gasteiger partial charge in [0.1, 0.15) is 14.9 Å². The third kappa shape index (κ3) is 5.55. The van der Waals surface area contributed by atoms with E-state index in [0.29, 0.717) is 6.08 Å². The zero-order valence-corrected chi connectivity index (χ0v) is 17.5. The van der Waals surface area contributed by atoms with E-state index in [1.807, 2.05) is 0 Å². The number of carboxylic acids is 2. The minimum Gasteiger partial charge on any atom is -0.747 e. The van der Waals surface area contributed by atoms with Crippen molar-refractivity contribution < 1.29 is 121 Å². The summed E-state index contributed by atoms with van der Waals surface area (Å²) in [4.78, 5) is 21.2. The molecule has 0 radical (unpaired) electrons. The van der Waals surface area contributed by atoms with Crippen LogP contribution in [-0.2, 0) is 19.7 Å². The Morgan fingerprint density at radius 2 is 1.63 bits per heavy atom. The number of aliphatic carboxylic acids is 2. The third-order valence-electron chi connectivity index (χ3n) is 2.17. The average Bonchev–Trinajstić information content (AvgIpc) is 2.15. The first-order chi connectivity index (χ1) is 7.21. The van der Waals surface area contributed by atoms with Crippen molar-refractivity contribution in [2.75, 3.05) is 0 Å². The summed E-state index contributed by atoms with van der Waals surface area (Å²) in [6.07, 6.45) is 1.42. The Morgan fingerprint density at radius 1 is 1.16 bits per heavy atom. The molecule has 88 valence electrons. The van der Waals surface area contributed by atoms with Crippen LogP contribution in [0, 0.1) is 0 Å². The molecule has 0 aliphatic heterocycles. The maximum atomic E-state index is 10.8. The molecule has 0 aromatic rings. The van der Waals surface area contributed by atoms with Gasteiger partial charge in [0.15, 0.2) is 0 Å². The molecule has 0 spiro atoms. The Bertz CT molecular complexity index is 510. The molecule has 0 saturated heterocycles. The van der Waals surface area contributed by atoms with E-state index in [4.69, 9.17) is 0 Å². The summed E-state index contributed by atoms with van der Waals surface area (Å²) in [6, 6.07) is 0. The van der Waals surface area contributed by atoms with E-state index in [1.54, 1.807) is 0 Å². The largest absolute Gasteiger partial charge is 1.00 e. The molecule has 1 aliphatic rings. The molecule has 0 heterocycles. The van der Waals surface area contributed by atoms with E-state index < -0.39 is 38.8 Å². The number of carbonyl (C=O) groups is 2. The number of hydrogen-bond acceptors (Lipinski definition) is 7. The minimum absolute atomic E-state index is 0. The maximum Gasteiger partial charge on any atom is 1.00 e. The van der Waals surface area contributed by atoms with Gasteiger partial charge in [-0.15, -0.1) is 0 Å². The number of allylic oxidation sites excluding steroid dienone is 2. The standard InChI is InChI=1S/C8H8O7S.3Na/c9-6(10)5-2-1-3-8(4-5,7(11)12)16(13,14)15;;;/h1-3H,4H2,(H,9,10)(H,11,12)(H,13,14,15);;;/q;3*+1/p-3. The van der Waals surface area contributed by atoms with E-state index in [-0.39, 0.29) is 88.7 Å². The summed E-state index contributed by atoms with van der Waals surface area (Å²) >= 11 is 0. The molecule has 1 atom stereocenters. The van der Waals surface area contributed by atoms with Crippen LogP contribution in [0.15, 0.2) is 23.8 Å². The molecule has 0 bridgehead atoms. The molecule has 0 fully saturated rings. The Labute approximate surface area is 176 Å². The van der Waals surface area contributed by atoms with Crippen molar-refractivity contribution in [3.63, 3.8) is 0 Å². The average molecular weight is 314 g/mol. The number of carbonyl (C=O) groups excluding carboxylic acids is 2. The Morgan fingerprint density at radius 3 is 1.95 bits per heavy atom. The van der Waals surface area contributed by atoms with Gasteiger partial charge in [0, 0.05) is 6.42 Å². The molecule has 7 nitrogen and oxygen atoms in total. The van der Waals surface area contributed by atoms with Crippen LogP contribution in [0.4, 0.5) is 0 Å². The van der Waals surface area contributed by atoms with Crippen molar-refractivity contribution in [3.05, 3.63) is 23.8 Å². The Kier molecular flexibility index (Phi) is 12.5. The van der Waals surface area contributed by atoms with Gasteiger partial charge in [-0.3, -0.25) is 0 Å². The van der Waals surface area contributed by atoms with Gasteiger partial charge in [0.05, 0.1) is 11.9 Å². The second-order valence-corrected chi connectivity index (χ2v) is 4.78. The molecule has 0 aromatic carbocycles. The number of rotatable bonds is 3. The molecular formula is C8H5Na3O7S. The fraction of sp³-hybridized carbons (Fsp3) is 0.250. The van der Waals surface area contributed by atoms with Crippen LogP contribution in [0.1, 0.15) is 6.42 Å². The maximum absolute atomic E-state index is 10.8. The summed E-state index contributed by atoms with van der Waals surface area (Å²) in [5, 5.41) is 21.2. The summed E-state index contributed by atoms with van der Waals surface area (Å²) in [6.45, 7) is 0. The van der Waals surface area contributed by atoms with Crippen LogP contribution in [0.3, 0.4) is 0 Å². The van der Waals surface area contributed by atoms with Gasteiger partial charge in [-0.25, -0.2) is 8.42 Å². The van der Waals surface area contributed by atoms with E-state index >= 15 is 0 Å². The van der Waals surface area contributed by atoms with Gasteiger partial charge in [-0.2, -0.15) is 0 Å². The monoisotopic (exact) mass is 314 g/mol. The van der Waals surface area contributed by atoms with Gasteiger partial charge in [-0.1, -0.05) is 18.2 Å². The smallest absolute Gasteiger partial charge is 0.747 e. The molecule has 19 heavy (non-hydrogen) atoms. The first-order valence-electron chi connectivity index (χ1n) is 3.97. The predicted octanol–water partition coefficient (Wildman–Crippen LogP) is -12.3. The Hall–Kier alpha value is 1.33. The molecule has 11 heteroatoms. The molecular weight excluding hydrogens is 309 g/mol. The van der Waals surface area contributed by atoms with Gasteiger partial charge in [-0.05, 0) is 5.57 Å². The molecule has 1 rings (SSSR count). The van der Waals surface area contributed by atoms with Crippen molar-refractivity contribution in [2.24, 2.45) is 0 Å². The van der Waals surface area contributed by atoms with Crippen molar-refractivity contribution in [3.8, 4) is 0 Å². The fourth-order valence-electron chi connectivity index (χ4n) is 1.27. The van der Waals surface area contributed by atoms with Crippen molar-refractivity contribution in [2.45, 2.75) is 11.2 Å². The van der Waals surface area contributed by atoms with Crippen LogP contribution < -0.4 is 98.9 Å². The summed E-state index contributed by atoms with van der Waals surface area (Å²) < 4.78 is 29.7. The van der Waals surface area contributed by atoms with E-state index in [9.17, 15) is 32.8 Å². The van der Waals surface area contributed by atoms with Crippen molar-refractivity contribution in [1.29, 1.82) is 0 Å². The zero-order valence-electron chi connectivity index (χ0n) is 10.7. The normalized spacial score (nSPS) is 21.0. The van der Waals surface area contributed by atoms with E-state index in [2.05, 4.69) is 0 Å². The summed E-state index contributed by atoms with van der Waals surface area (Å²) in [7, 11) is -5.28. The summed E-state index contributed by atoms with van der Waals surface area (Å²) in [5.74, 6) is -3.90. The molecule has 0 amide bonds. The van der Waals surface area contributed by atoms with Crippen LogP contribution in [0.25, 0.3) is 0 Å².